The molecule has 1 N–H and O–H groups in total. The Balaban J connectivity index is 1.55. The lowest BCUT2D eigenvalue weighted by molar-refractivity contribution is -0.119. The molecule has 0 fully saturated rings. The van der Waals surface area contributed by atoms with Gasteiger partial charge in [0, 0.05) is 0 Å². The average Bonchev–Trinajstić information content (AvgIpc) is 3.22. The Hall–Kier alpha value is -4.15. The third kappa shape index (κ3) is 6.47. The van der Waals surface area contributed by atoms with Gasteiger partial charge in [0.2, 0.25) is 0 Å². The molecule has 1 aromatic heterocycles. The fraction of sp³-hybridized carbons (Fsp3) is 0.179. The number of aromatic nitrogens is 2. The summed E-state index contributed by atoms with van der Waals surface area (Å²) in [6, 6.07) is 22.4. The van der Waals surface area contributed by atoms with Crippen LogP contribution in [-0.2, 0) is 14.8 Å². The van der Waals surface area contributed by atoms with E-state index in [2.05, 4.69) is 15.6 Å². The van der Waals surface area contributed by atoms with Crippen LogP contribution in [0.4, 0.5) is 5.69 Å². The number of ether oxygens (including phenoxy) is 1. The number of benzene rings is 3. The van der Waals surface area contributed by atoms with Crippen LogP contribution in [0, 0.1) is 13.8 Å². The van der Waals surface area contributed by atoms with Crippen LogP contribution in [-0.4, -0.2) is 43.5 Å². The van der Waals surface area contributed by atoms with Crippen LogP contribution < -0.4 is 14.5 Å². The van der Waals surface area contributed by atoms with Crippen molar-refractivity contribution in [2.45, 2.75) is 25.7 Å². The maximum Gasteiger partial charge on any atom is 0.264 e. The standard InChI is InChI=1S/C28H28ClN5O4S/c1-4-38-24-14-16-25(17-15-24)39(36,37)33(22-12-10-20(2)11-13-22)19-27(35)31-30-18-26-21(3)34(32-28(26)29)23-8-6-5-7-9-23/h5-18H,4,19H2,1-3H3,(H,31,35)/b30-18-. The Morgan fingerprint density at radius 2 is 1.72 bits per heavy atom. The number of para-hydroxylation sites is 1. The summed E-state index contributed by atoms with van der Waals surface area (Å²) in [6.45, 7) is 5.53. The number of aryl methyl sites for hydroxylation is 1. The van der Waals surface area contributed by atoms with Crippen molar-refractivity contribution >= 4 is 39.4 Å². The van der Waals surface area contributed by atoms with Crippen molar-refractivity contribution in [1.82, 2.24) is 15.2 Å². The first-order valence-corrected chi connectivity index (χ1v) is 14.0. The lowest BCUT2D eigenvalue weighted by Crippen LogP contribution is -2.39. The topological polar surface area (TPSA) is 106 Å². The molecule has 0 aliphatic rings. The van der Waals surface area contributed by atoms with E-state index in [1.165, 1.54) is 18.3 Å². The van der Waals surface area contributed by atoms with Crippen molar-refractivity contribution in [3.05, 3.63) is 101 Å². The molecule has 0 atom stereocenters. The van der Waals surface area contributed by atoms with E-state index in [4.69, 9.17) is 16.3 Å². The summed E-state index contributed by atoms with van der Waals surface area (Å²) in [4.78, 5) is 12.9. The maximum atomic E-state index is 13.6. The van der Waals surface area contributed by atoms with Gasteiger partial charge >= 0.3 is 0 Å². The Morgan fingerprint density at radius 3 is 2.36 bits per heavy atom. The zero-order valence-electron chi connectivity index (χ0n) is 21.7. The highest BCUT2D eigenvalue weighted by atomic mass is 35.5. The van der Waals surface area contributed by atoms with Gasteiger partial charge in [-0.1, -0.05) is 47.5 Å². The molecule has 0 aliphatic heterocycles. The number of sulfonamides is 1. The van der Waals surface area contributed by atoms with Crippen molar-refractivity contribution in [2.75, 3.05) is 17.5 Å². The summed E-state index contributed by atoms with van der Waals surface area (Å²) < 4.78 is 35.3. The third-order valence-electron chi connectivity index (χ3n) is 5.83. The van der Waals surface area contributed by atoms with Gasteiger partial charge in [0.1, 0.15) is 12.3 Å². The van der Waals surface area contributed by atoms with E-state index in [9.17, 15) is 13.2 Å². The molecule has 9 nitrogen and oxygen atoms in total. The highest BCUT2D eigenvalue weighted by Gasteiger charge is 2.27. The normalized spacial score (nSPS) is 11.5. The summed E-state index contributed by atoms with van der Waals surface area (Å²) in [6.07, 6.45) is 1.39. The number of anilines is 1. The number of nitrogens with zero attached hydrogens (tertiary/aromatic N) is 4. The number of carbonyl (C=O) groups excluding carboxylic acids is 1. The second kappa shape index (κ2) is 12.1. The van der Waals surface area contributed by atoms with Gasteiger partial charge in [-0.25, -0.2) is 18.5 Å². The van der Waals surface area contributed by atoms with Gasteiger partial charge in [0.25, 0.3) is 15.9 Å². The smallest absolute Gasteiger partial charge is 0.264 e. The van der Waals surface area contributed by atoms with Crippen LogP contribution in [0.3, 0.4) is 0 Å². The van der Waals surface area contributed by atoms with Crippen LogP contribution in [0.1, 0.15) is 23.7 Å². The molecule has 0 unspecified atom stereocenters. The molecule has 0 radical (unpaired) electrons. The van der Waals surface area contributed by atoms with Crippen molar-refractivity contribution in [3.8, 4) is 11.4 Å². The predicted molar refractivity (Wildman–Crippen MR) is 152 cm³/mol. The SMILES string of the molecule is CCOc1ccc(S(=O)(=O)N(CC(=O)N/N=C\c2c(Cl)nn(-c3ccccc3)c2C)c2ccc(C)cc2)cc1. The van der Waals surface area contributed by atoms with Crippen molar-refractivity contribution in [2.24, 2.45) is 5.10 Å². The third-order valence-corrected chi connectivity index (χ3v) is 7.90. The molecule has 0 aliphatic carbocycles. The van der Waals surface area contributed by atoms with Gasteiger partial charge in [-0.2, -0.15) is 10.2 Å². The monoisotopic (exact) mass is 565 g/mol. The Labute approximate surface area is 232 Å². The van der Waals surface area contributed by atoms with E-state index in [1.54, 1.807) is 41.1 Å². The van der Waals surface area contributed by atoms with E-state index >= 15 is 0 Å². The number of rotatable bonds is 10. The first kappa shape index (κ1) is 27.9. The largest absolute Gasteiger partial charge is 0.494 e. The molecule has 1 amide bonds. The van der Waals surface area contributed by atoms with Crippen LogP contribution >= 0.6 is 11.6 Å². The molecule has 1 heterocycles. The second-order valence-electron chi connectivity index (χ2n) is 8.58. The van der Waals surface area contributed by atoms with Gasteiger partial charge in [-0.05, 0) is 69.3 Å². The Kier molecular flexibility index (Phi) is 8.68. The van der Waals surface area contributed by atoms with E-state index in [-0.39, 0.29) is 10.0 Å². The molecular formula is C28H28ClN5O4S. The van der Waals surface area contributed by atoms with Crippen LogP contribution in [0.25, 0.3) is 5.69 Å². The molecule has 4 rings (SSSR count). The molecule has 202 valence electrons. The number of hydrogen-bond donors (Lipinski definition) is 1. The van der Waals surface area contributed by atoms with Gasteiger partial charge in [0.15, 0.2) is 5.15 Å². The quantitative estimate of drug-likeness (QED) is 0.218. The number of halogens is 1. The lowest BCUT2D eigenvalue weighted by atomic mass is 10.2. The molecule has 0 saturated heterocycles. The second-order valence-corrected chi connectivity index (χ2v) is 10.8. The van der Waals surface area contributed by atoms with Gasteiger partial charge in [-0.3, -0.25) is 9.10 Å². The molecule has 0 spiro atoms. The van der Waals surface area contributed by atoms with Crippen molar-refractivity contribution in [3.63, 3.8) is 0 Å². The minimum Gasteiger partial charge on any atom is -0.494 e. The first-order chi connectivity index (χ1) is 18.7. The summed E-state index contributed by atoms with van der Waals surface area (Å²) in [5.74, 6) is -0.0829. The van der Waals surface area contributed by atoms with E-state index in [0.717, 1.165) is 21.2 Å². The summed E-state index contributed by atoms with van der Waals surface area (Å²) in [5.41, 5.74) is 5.78. The molecule has 11 heteroatoms. The van der Waals surface area contributed by atoms with Gasteiger partial charge < -0.3 is 4.74 Å². The molecule has 4 aromatic rings. The molecule has 39 heavy (non-hydrogen) atoms. The van der Waals surface area contributed by atoms with E-state index < -0.39 is 22.5 Å². The first-order valence-electron chi connectivity index (χ1n) is 12.2. The fourth-order valence-corrected chi connectivity index (χ4v) is 5.49. The minimum absolute atomic E-state index is 0.0264. The summed E-state index contributed by atoms with van der Waals surface area (Å²) in [5, 5.41) is 8.57. The Morgan fingerprint density at radius 1 is 1.05 bits per heavy atom. The average molecular weight is 566 g/mol. The molecule has 3 aromatic carbocycles. The number of hydrazone groups is 1. The van der Waals surface area contributed by atoms with Crippen LogP contribution in [0.15, 0.2) is 88.9 Å². The fourth-order valence-electron chi connectivity index (χ4n) is 3.81. The zero-order valence-corrected chi connectivity index (χ0v) is 23.3. The summed E-state index contributed by atoms with van der Waals surface area (Å²) >= 11 is 6.32. The van der Waals surface area contributed by atoms with E-state index in [0.29, 0.717) is 23.6 Å². The van der Waals surface area contributed by atoms with Gasteiger partial charge in [0.05, 0.1) is 40.3 Å². The van der Waals surface area contributed by atoms with Crippen LogP contribution in [0.5, 0.6) is 5.75 Å². The van der Waals surface area contributed by atoms with E-state index in [1.807, 2.05) is 51.1 Å². The summed E-state index contributed by atoms with van der Waals surface area (Å²) in [7, 11) is -4.08. The number of amides is 1. The van der Waals surface area contributed by atoms with Gasteiger partial charge in [-0.15, -0.1) is 0 Å². The number of hydrogen-bond acceptors (Lipinski definition) is 6. The highest BCUT2D eigenvalue weighted by Crippen LogP contribution is 2.26. The molecular weight excluding hydrogens is 538 g/mol. The predicted octanol–water partition coefficient (Wildman–Crippen LogP) is 4.89. The highest BCUT2D eigenvalue weighted by molar-refractivity contribution is 7.92. The minimum atomic E-state index is -4.08. The van der Waals surface area contributed by atoms with Crippen molar-refractivity contribution in [1.29, 1.82) is 0 Å². The van der Waals surface area contributed by atoms with Crippen molar-refractivity contribution < 1.29 is 17.9 Å². The van der Waals surface area contributed by atoms with Crippen LogP contribution in [0.2, 0.25) is 5.15 Å². The molecule has 0 saturated carbocycles. The lowest BCUT2D eigenvalue weighted by Gasteiger charge is -2.24. The zero-order chi connectivity index (χ0) is 28.0. The maximum absolute atomic E-state index is 13.6. The Bertz CT molecular complexity index is 1570. The molecule has 0 bridgehead atoms. The number of carbonyl (C=O) groups is 1. The number of nitrogens with one attached hydrogen (secondary N) is 1.